The third kappa shape index (κ3) is 5.65. The van der Waals surface area contributed by atoms with Crippen LogP contribution in [0.1, 0.15) is 44.1 Å². The minimum Gasteiger partial charge on any atom is -0.494 e. The quantitative estimate of drug-likeness (QED) is 0.520. The summed E-state index contributed by atoms with van der Waals surface area (Å²) >= 11 is 0. The second kappa shape index (κ2) is 11.0. The Morgan fingerprint density at radius 3 is 2.74 bits per heavy atom. The molecule has 1 amide bonds. The molecule has 3 heterocycles. The summed E-state index contributed by atoms with van der Waals surface area (Å²) in [6.45, 7) is 2.00. The molecule has 0 fully saturated rings. The van der Waals surface area contributed by atoms with Crippen LogP contribution in [0.4, 0.5) is 11.5 Å². The van der Waals surface area contributed by atoms with Crippen LogP contribution in [0.2, 0.25) is 0 Å². The lowest BCUT2D eigenvalue weighted by Gasteiger charge is -2.22. The summed E-state index contributed by atoms with van der Waals surface area (Å²) in [4.78, 5) is 32.5. The van der Waals surface area contributed by atoms with E-state index in [0.29, 0.717) is 48.5 Å². The van der Waals surface area contributed by atoms with Gasteiger partial charge < -0.3 is 24.6 Å². The number of H-pyrrole nitrogens is 1. The maximum absolute atomic E-state index is 12.5. The Balaban J connectivity index is 1.64. The molecule has 2 N–H and O–H groups in total. The van der Waals surface area contributed by atoms with Crippen LogP contribution in [0.25, 0.3) is 11.0 Å². The molecule has 34 heavy (non-hydrogen) atoms. The summed E-state index contributed by atoms with van der Waals surface area (Å²) in [6, 6.07) is 7.58. The van der Waals surface area contributed by atoms with E-state index >= 15 is 0 Å². The van der Waals surface area contributed by atoms with Crippen molar-refractivity contribution in [3.8, 4) is 11.6 Å². The van der Waals surface area contributed by atoms with Crippen molar-refractivity contribution in [2.24, 2.45) is 4.99 Å². The van der Waals surface area contributed by atoms with Crippen LogP contribution in [0.3, 0.4) is 0 Å². The molecular formula is C25H32N6O3. The molecule has 180 valence electrons. The maximum atomic E-state index is 12.5. The number of aromatic hydroxyl groups is 1. The van der Waals surface area contributed by atoms with Gasteiger partial charge in [0.2, 0.25) is 5.91 Å². The number of anilines is 1. The van der Waals surface area contributed by atoms with Crippen molar-refractivity contribution in [2.45, 2.75) is 38.5 Å². The van der Waals surface area contributed by atoms with E-state index in [1.807, 2.05) is 48.2 Å². The molecule has 0 atom stereocenters. The number of ether oxygens (including phenoxy) is 1. The Kier molecular flexibility index (Phi) is 7.61. The van der Waals surface area contributed by atoms with Crippen LogP contribution in [0.5, 0.6) is 11.6 Å². The molecule has 4 rings (SSSR count). The molecule has 0 aliphatic carbocycles. The van der Waals surface area contributed by atoms with Gasteiger partial charge in [-0.25, -0.2) is 9.97 Å². The summed E-state index contributed by atoms with van der Waals surface area (Å²) in [6.07, 6.45) is 8.36. The average Bonchev–Trinajstić information content (AvgIpc) is 3.16. The third-order valence-corrected chi connectivity index (χ3v) is 6.08. The number of rotatable bonds is 0. The van der Waals surface area contributed by atoms with Crippen LogP contribution < -0.4 is 9.64 Å². The highest BCUT2D eigenvalue weighted by molar-refractivity contribution is 6.06. The highest BCUT2D eigenvalue weighted by atomic mass is 16.5. The van der Waals surface area contributed by atoms with Crippen molar-refractivity contribution in [1.29, 1.82) is 0 Å². The predicted octanol–water partition coefficient (Wildman–Crippen LogP) is 4.04. The first-order chi connectivity index (χ1) is 16.5. The number of benzene rings is 1. The number of carbonyl (C=O) groups excluding carboxylic acids is 1. The van der Waals surface area contributed by atoms with Crippen LogP contribution in [-0.2, 0) is 4.79 Å². The molecule has 1 aliphatic heterocycles. The minimum atomic E-state index is -0.00923. The summed E-state index contributed by atoms with van der Waals surface area (Å²) in [5.41, 5.74) is 1.80. The summed E-state index contributed by atoms with van der Waals surface area (Å²) < 4.78 is 5.89. The molecule has 0 saturated heterocycles. The van der Waals surface area contributed by atoms with E-state index in [-0.39, 0.29) is 11.8 Å². The molecular weight excluding hydrogens is 432 g/mol. The monoisotopic (exact) mass is 464 g/mol. The predicted molar refractivity (Wildman–Crippen MR) is 133 cm³/mol. The molecule has 3 aromatic rings. The van der Waals surface area contributed by atoms with Crippen LogP contribution in [0.15, 0.2) is 35.6 Å². The van der Waals surface area contributed by atoms with Gasteiger partial charge in [0.05, 0.1) is 23.2 Å². The normalized spacial score (nSPS) is 16.8. The lowest BCUT2D eigenvalue weighted by molar-refractivity contribution is -0.130. The standard InChI is InChI=1S/C25H32N6O3/c1-30-12-8-13-31(2)24-22-20(25(33)29-23(22)27-17-28-24)16-26-18-9-7-10-19(15-18)34-14-6-4-3-5-11-21(30)32/h7,9-10,15-17,33H,3-6,8,11-14H2,1-2H3,(H,27,28,29). The molecule has 1 aliphatic rings. The van der Waals surface area contributed by atoms with Gasteiger partial charge in [-0.15, -0.1) is 0 Å². The summed E-state index contributed by atoms with van der Waals surface area (Å²) in [5.74, 6) is 1.62. The molecule has 9 nitrogen and oxygen atoms in total. The summed E-state index contributed by atoms with van der Waals surface area (Å²) in [5, 5.41) is 11.3. The number of nitrogens with one attached hydrogen (secondary N) is 1. The second-order valence-electron chi connectivity index (χ2n) is 8.67. The number of hydrogen-bond donors (Lipinski definition) is 2. The summed E-state index contributed by atoms with van der Waals surface area (Å²) in [7, 11) is 3.81. The average molecular weight is 465 g/mol. The van der Waals surface area contributed by atoms with E-state index in [4.69, 9.17) is 4.74 Å². The number of nitrogens with zero attached hydrogens (tertiary/aromatic N) is 5. The van der Waals surface area contributed by atoms with Crippen molar-refractivity contribution >= 4 is 34.7 Å². The van der Waals surface area contributed by atoms with Crippen molar-refractivity contribution in [2.75, 3.05) is 38.7 Å². The molecule has 1 aromatic carbocycles. The van der Waals surface area contributed by atoms with Gasteiger partial charge in [-0.1, -0.05) is 18.9 Å². The first-order valence-corrected chi connectivity index (χ1v) is 11.8. The molecule has 0 radical (unpaired) electrons. The third-order valence-electron chi connectivity index (χ3n) is 6.08. The first kappa shape index (κ1) is 23.5. The minimum absolute atomic E-state index is 0.00923. The topological polar surface area (TPSA) is 107 Å². The van der Waals surface area contributed by atoms with E-state index < -0.39 is 0 Å². The van der Waals surface area contributed by atoms with Crippen molar-refractivity contribution in [3.05, 3.63) is 36.2 Å². The van der Waals surface area contributed by atoms with Crippen LogP contribution in [0, 0.1) is 0 Å². The number of amides is 1. The fourth-order valence-electron chi connectivity index (χ4n) is 4.11. The zero-order chi connectivity index (χ0) is 23.9. The second-order valence-corrected chi connectivity index (χ2v) is 8.67. The fraction of sp³-hybridized carbons (Fsp3) is 0.440. The van der Waals surface area contributed by atoms with Gasteiger partial charge in [-0.3, -0.25) is 9.79 Å². The molecule has 0 spiro atoms. The molecule has 0 unspecified atom stereocenters. The number of aromatic nitrogens is 3. The van der Waals surface area contributed by atoms with Gasteiger partial charge in [0.1, 0.15) is 23.5 Å². The fourth-order valence-corrected chi connectivity index (χ4v) is 4.11. The van der Waals surface area contributed by atoms with Gasteiger partial charge in [0.15, 0.2) is 5.88 Å². The van der Waals surface area contributed by atoms with E-state index in [1.165, 1.54) is 6.33 Å². The molecule has 2 aromatic heterocycles. The Hall–Kier alpha value is -3.62. The van der Waals surface area contributed by atoms with Gasteiger partial charge in [0.25, 0.3) is 0 Å². The first-order valence-electron chi connectivity index (χ1n) is 11.8. The Morgan fingerprint density at radius 1 is 1.03 bits per heavy atom. The number of hydrogen-bond acceptors (Lipinski definition) is 7. The highest BCUT2D eigenvalue weighted by Gasteiger charge is 2.18. The van der Waals surface area contributed by atoms with Crippen molar-refractivity contribution in [3.63, 3.8) is 0 Å². The van der Waals surface area contributed by atoms with Crippen LogP contribution >= 0.6 is 0 Å². The number of fused-ring (bicyclic) bond motifs is 2. The largest absolute Gasteiger partial charge is 0.494 e. The van der Waals surface area contributed by atoms with Gasteiger partial charge >= 0.3 is 0 Å². The number of aliphatic imine (C=N–C) groups is 1. The molecule has 0 saturated carbocycles. The smallest absolute Gasteiger partial charge is 0.222 e. The Morgan fingerprint density at radius 2 is 1.85 bits per heavy atom. The molecule has 2 bridgehead atoms. The maximum Gasteiger partial charge on any atom is 0.222 e. The lowest BCUT2D eigenvalue weighted by atomic mass is 10.1. The van der Waals surface area contributed by atoms with E-state index in [2.05, 4.69) is 19.9 Å². The molecule has 9 heteroatoms. The van der Waals surface area contributed by atoms with Crippen LogP contribution in [-0.4, -0.2) is 70.9 Å². The van der Waals surface area contributed by atoms with Gasteiger partial charge in [-0.2, -0.15) is 0 Å². The van der Waals surface area contributed by atoms with Gasteiger partial charge in [0, 0.05) is 45.9 Å². The zero-order valence-corrected chi connectivity index (χ0v) is 19.8. The van der Waals surface area contributed by atoms with E-state index in [1.54, 1.807) is 6.21 Å². The number of aromatic amines is 1. The van der Waals surface area contributed by atoms with Gasteiger partial charge in [-0.05, 0) is 31.4 Å². The highest BCUT2D eigenvalue weighted by Crippen LogP contribution is 2.31. The van der Waals surface area contributed by atoms with E-state index in [9.17, 15) is 9.90 Å². The zero-order valence-electron chi connectivity index (χ0n) is 19.8. The number of carbonyl (C=O) groups is 1. The van der Waals surface area contributed by atoms with Crippen molar-refractivity contribution in [1.82, 2.24) is 19.9 Å². The lowest BCUT2D eigenvalue weighted by Crippen LogP contribution is -2.30. The van der Waals surface area contributed by atoms with E-state index in [0.717, 1.165) is 43.5 Å². The SMILES string of the molecule is CN1CCCN(C)c2ncnc3[nH]c(O)c(c23)C=Nc2cccc(c2)OCCCCCCC1=O. The Bertz CT molecular complexity index is 1160. The van der Waals surface area contributed by atoms with Crippen molar-refractivity contribution < 1.29 is 14.6 Å². The Labute approximate surface area is 199 Å².